The van der Waals surface area contributed by atoms with Crippen molar-refractivity contribution in [1.82, 2.24) is 10.5 Å². The van der Waals surface area contributed by atoms with Gasteiger partial charge in [0.2, 0.25) is 5.76 Å². The van der Waals surface area contributed by atoms with Gasteiger partial charge in [0, 0.05) is 23.2 Å². The first-order valence-corrected chi connectivity index (χ1v) is 6.79. The predicted octanol–water partition coefficient (Wildman–Crippen LogP) is 2.46. The van der Waals surface area contributed by atoms with Crippen LogP contribution in [-0.2, 0) is 0 Å². The second kappa shape index (κ2) is 7.07. The molecule has 0 fully saturated rings. The van der Waals surface area contributed by atoms with Crippen LogP contribution in [0, 0.1) is 0 Å². The quantitative estimate of drug-likeness (QED) is 0.802. The van der Waals surface area contributed by atoms with Crippen LogP contribution in [0.25, 0.3) is 11.3 Å². The molecule has 0 aliphatic rings. The summed E-state index contributed by atoms with van der Waals surface area (Å²) >= 11 is 5.91. The Labute approximate surface area is 122 Å². The maximum absolute atomic E-state index is 11.8. The Balaban J connectivity index is 2.00. The molecule has 0 radical (unpaired) electrons. The van der Waals surface area contributed by atoms with Crippen molar-refractivity contribution in [2.45, 2.75) is 12.8 Å². The van der Waals surface area contributed by atoms with Gasteiger partial charge in [0.25, 0.3) is 5.91 Å². The van der Waals surface area contributed by atoms with E-state index in [1.54, 1.807) is 18.2 Å². The van der Waals surface area contributed by atoms with E-state index in [0.29, 0.717) is 23.8 Å². The lowest BCUT2D eigenvalue weighted by Crippen LogP contribution is -2.24. The zero-order valence-electron chi connectivity index (χ0n) is 10.9. The minimum Gasteiger partial charge on any atom is -0.350 e. The van der Waals surface area contributed by atoms with Gasteiger partial charge in [0.05, 0.1) is 0 Å². The zero-order valence-corrected chi connectivity index (χ0v) is 11.7. The molecule has 2 aromatic rings. The monoisotopic (exact) mass is 293 g/mol. The zero-order chi connectivity index (χ0) is 14.4. The van der Waals surface area contributed by atoms with Crippen molar-refractivity contribution in [3.05, 3.63) is 41.1 Å². The smallest absolute Gasteiger partial charge is 0.289 e. The van der Waals surface area contributed by atoms with Crippen LogP contribution in [-0.4, -0.2) is 24.2 Å². The molecular weight excluding hydrogens is 278 g/mol. The fourth-order valence-electron chi connectivity index (χ4n) is 1.72. The first-order valence-electron chi connectivity index (χ1n) is 6.41. The van der Waals surface area contributed by atoms with E-state index in [9.17, 15) is 4.79 Å². The molecule has 1 aromatic carbocycles. The largest absolute Gasteiger partial charge is 0.350 e. The predicted molar refractivity (Wildman–Crippen MR) is 77.6 cm³/mol. The number of hydrogen-bond donors (Lipinski definition) is 2. The third-order valence-electron chi connectivity index (χ3n) is 2.77. The Morgan fingerprint density at radius 2 is 2.20 bits per heavy atom. The molecule has 106 valence electrons. The molecule has 6 heteroatoms. The van der Waals surface area contributed by atoms with Crippen molar-refractivity contribution < 1.29 is 9.32 Å². The lowest BCUT2D eigenvalue weighted by atomic mass is 10.1. The maximum atomic E-state index is 11.8. The van der Waals surface area contributed by atoms with Gasteiger partial charge in [-0.1, -0.05) is 28.9 Å². The molecule has 1 aromatic heterocycles. The summed E-state index contributed by atoms with van der Waals surface area (Å²) < 4.78 is 5.05. The Hall–Kier alpha value is -1.85. The highest BCUT2D eigenvalue weighted by atomic mass is 35.5. The summed E-state index contributed by atoms with van der Waals surface area (Å²) in [4.78, 5) is 11.8. The first kappa shape index (κ1) is 14.6. The van der Waals surface area contributed by atoms with Gasteiger partial charge in [-0.2, -0.15) is 0 Å². The fraction of sp³-hybridized carbons (Fsp3) is 0.286. The molecule has 0 aliphatic heterocycles. The number of benzene rings is 1. The minimum atomic E-state index is -0.275. The van der Waals surface area contributed by atoms with E-state index < -0.39 is 0 Å². The highest BCUT2D eigenvalue weighted by Gasteiger charge is 2.13. The molecule has 3 N–H and O–H groups in total. The molecular formula is C14H16ClN3O2. The van der Waals surface area contributed by atoms with Gasteiger partial charge in [-0.25, -0.2) is 0 Å². The van der Waals surface area contributed by atoms with Crippen molar-refractivity contribution >= 4 is 17.5 Å². The number of nitrogens with one attached hydrogen (secondary N) is 1. The van der Waals surface area contributed by atoms with Crippen LogP contribution in [0.2, 0.25) is 5.02 Å². The van der Waals surface area contributed by atoms with E-state index in [1.165, 1.54) is 0 Å². The second-order valence-electron chi connectivity index (χ2n) is 4.34. The molecule has 1 heterocycles. The number of nitrogens with two attached hydrogens (primary N) is 1. The standard InChI is InChI=1S/C14H16ClN3O2/c15-11-5-3-4-10(8-11)12-9-13(20-18-12)14(19)17-7-2-1-6-16/h3-5,8-9H,1-2,6-7,16H2,(H,17,19). The average Bonchev–Trinajstić information content (AvgIpc) is 2.93. The number of amides is 1. The van der Waals surface area contributed by atoms with Crippen LogP contribution >= 0.6 is 11.6 Å². The van der Waals surface area contributed by atoms with E-state index in [2.05, 4.69) is 10.5 Å². The van der Waals surface area contributed by atoms with Crippen LogP contribution < -0.4 is 11.1 Å². The topological polar surface area (TPSA) is 81.1 Å². The lowest BCUT2D eigenvalue weighted by Gasteiger charge is -2.00. The van der Waals surface area contributed by atoms with Crippen molar-refractivity contribution in [1.29, 1.82) is 0 Å². The number of nitrogens with zero attached hydrogens (tertiary/aromatic N) is 1. The van der Waals surface area contributed by atoms with Crippen molar-refractivity contribution in [2.75, 3.05) is 13.1 Å². The summed E-state index contributed by atoms with van der Waals surface area (Å²) in [5, 5.41) is 7.24. The molecule has 5 nitrogen and oxygen atoms in total. The number of halogens is 1. The third kappa shape index (κ3) is 3.82. The van der Waals surface area contributed by atoms with Crippen LogP contribution in [0.1, 0.15) is 23.4 Å². The Kier molecular flexibility index (Phi) is 5.15. The van der Waals surface area contributed by atoms with E-state index >= 15 is 0 Å². The normalized spacial score (nSPS) is 10.5. The van der Waals surface area contributed by atoms with Gasteiger partial charge in [-0.3, -0.25) is 4.79 Å². The summed E-state index contributed by atoms with van der Waals surface area (Å²) in [6, 6.07) is 8.81. The Morgan fingerprint density at radius 3 is 2.95 bits per heavy atom. The molecule has 0 spiro atoms. The fourth-order valence-corrected chi connectivity index (χ4v) is 1.91. The van der Waals surface area contributed by atoms with E-state index in [0.717, 1.165) is 18.4 Å². The van der Waals surface area contributed by atoms with Crippen molar-refractivity contribution in [3.8, 4) is 11.3 Å². The number of aromatic nitrogens is 1. The van der Waals surface area contributed by atoms with Crippen LogP contribution in [0.15, 0.2) is 34.9 Å². The lowest BCUT2D eigenvalue weighted by molar-refractivity contribution is 0.0916. The van der Waals surface area contributed by atoms with Gasteiger partial charge in [0.15, 0.2) is 0 Å². The molecule has 0 bridgehead atoms. The van der Waals surface area contributed by atoms with Gasteiger partial charge in [-0.15, -0.1) is 0 Å². The van der Waals surface area contributed by atoms with E-state index in [-0.39, 0.29) is 11.7 Å². The van der Waals surface area contributed by atoms with Gasteiger partial charge in [-0.05, 0) is 31.5 Å². The summed E-state index contributed by atoms with van der Waals surface area (Å²) in [6.07, 6.45) is 1.72. The van der Waals surface area contributed by atoms with Crippen LogP contribution in [0.3, 0.4) is 0 Å². The Morgan fingerprint density at radius 1 is 1.35 bits per heavy atom. The molecule has 0 saturated carbocycles. The number of carbonyl (C=O) groups excluding carboxylic acids is 1. The molecule has 1 amide bonds. The van der Waals surface area contributed by atoms with E-state index in [1.807, 2.05) is 12.1 Å². The number of unbranched alkanes of at least 4 members (excludes halogenated alkanes) is 1. The van der Waals surface area contributed by atoms with Gasteiger partial charge in [0.1, 0.15) is 5.69 Å². The third-order valence-corrected chi connectivity index (χ3v) is 3.01. The molecule has 0 aliphatic carbocycles. The highest BCUT2D eigenvalue weighted by Crippen LogP contribution is 2.22. The maximum Gasteiger partial charge on any atom is 0.289 e. The summed E-state index contributed by atoms with van der Waals surface area (Å²) in [6.45, 7) is 1.19. The van der Waals surface area contributed by atoms with Gasteiger partial charge >= 0.3 is 0 Å². The second-order valence-corrected chi connectivity index (χ2v) is 4.77. The summed E-state index contributed by atoms with van der Waals surface area (Å²) in [5.41, 5.74) is 6.78. The summed E-state index contributed by atoms with van der Waals surface area (Å²) in [5.74, 6) is -0.0875. The highest BCUT2D eigenvalue weighted by molar-refractivity contribution is 6.30. The molecule has 20 heavy (non-hydrogen) atoms. The average molecular weight is 294 g/mol. The first-order chi connectivity index (χ1) is 9.70. The molecule has 0 atom stereocenters. The minimum absolute atomic E-state index is 0.188. The van der Waals surface area contributed by atoms with Crippen molar-refractivity contribution in [3.63, 3.8) is 0 Å². The van der Waals surface area contributed by atoms with Crippen molar-refractivity contribution in [2.24, 2.45) is 5.73 Å². The molecule has 0 unspecified atom stereocenters. The number of carbonyl (C=O) groups is 1. The van der Waals surface area contributed by atoms with Gasteiger partial charge < -0.3 is 15.6 Å². The SMILES string of the molecule is NCCCCNC(=O)c1cc(-c2cccc(Cl)c2)no1. The van der Waals surface area contributed by atoms with E-state index in [4.69, 9.17) is 21.9 Å². The molecule has 2 rings (SSSR count). The number of hydrogen-bond acceptors (Lipinski definition) is 4. The van der Waals surface area contributed by atoms with Crippen LogP contribution in [0.4, 0.5) is 0 Å². The molecule has 0 saturated heterocycles. The summed E-state index contributed by atoms with van der Waals surface area (Å²) in [7, 11) is 0. The van der Waals surface area contributed by atoms with Crippen LogP contribution in [0.5, 0.6) is 0 Å². The number of rotatable bonds is 6. The Bertz CT molecular complexity index is 583.